The highest BCUT2D eigenvalue weighted by atomic mass is 16.5. The molecule has 1 saturated heterocycles. The molecular weight excluding hydrogens is 374 g/mol. The van der Waals surface area contributed by atoms with E-state index in [0.29, 0.717) is 11.8 Å². The molecule has 30 heavy (non-hydrogen) atoms. The smallest absolute Gasteiger partial charge is 0.280 e. The fourth-order valence-corrected chi connectivity index (χ4v) is 3.98. The molecule has 5 heteroatoms. The van der Waals surface area contributed by atoms with Crippen LogP contribution in [0, 0.1) is 0 Å². The summed E-state index contributed by atoms with van der Waals surface area (Å²) in [5.41, 5.74) is 3.13. The van der Waals surface area contributed by atoms with E-state index in [2.05, 4.69) is 23.2 Å². The minimum atomic E-state index is -0.000302. The van der Waals surface area contributed by atoms with Gasteiger partial charge < -0.3 is 4.74 Å². The van der Waals surface area contributed by atoms with Crippen molar-refractivity contribution >= 4 is 10.9 Å². The number of para-hydroxylation sites is 1. The Morgan fingerprint density at radius 1 is 0.967 bits per heavy atom. The number of aryl methyl sites for hydroxylation is 2. The largest absolute Gasteiger partial charge is 0.497 e. The van der Waals surface area contributed by atoms with Crippen molar-refractivity contribution in [1.82, 2.24) is 9.66 Å². The van der Waals surface area contributed by atoms with Crippen LogP contribution in [0.15, 0.2) is 83.7 Å². The Bertz CT molecular complexity index is 1250. The third-order valence-electron chi connectivity index (χ3n) is 5.62. The molecule has 1 aliphatic heterocycles. The van der Waals surface area contributed by atoms with Crippen molar-refractivity contribution in [3.05, 3.63) is 106 Å². The second-order valence-electron chi connectivity index (χ2n) is 7.56. The van der Waals surface area contributed by atoms with E-state index < -0.39 is 0 Å². The lowest BCUT2D eigenvalue weighted by Gasteiger charge is -2.16. The highest BCUT2D eigenvalue weighted by Gasteiger charge is 2.38. The Hall–Kier alpha value is -3.60. The van der Waals surface area contributed by atoms with Gasteiger partial charge in [-0.15, -0.1) is 0 Å². The van der Waals surface area contributed by atoms with Crippen LogP contribution < -0.4 is 15.3 Å². The van der Waals surface area contributed by atoms with Gasteiger partial charge in [-0.05, 0) is 41.8 Å². The first-order chi connectivity index (χ1) is 14.7. The van der Waals surface area contributed by atoms with Crippen molar-refractivity contribution in [1.29, 1.82) is 0 Å². The maximum atomic E-state index is 13.4. The minimum absolute atomic E-state index is 0.000302. The highest BCUT2D eigenvalue weighted by Crippen LogP contribution is 2.32. The van der Waals surface area contributed by atoms with Gasteiger partial charge in [0.15, 0.2) is 0 Å². The maximum Gasteiger partial charge on any atom is 0.280 e. The van der Waals surface area contributed by atoms with E-state index in [0.717, 1.165) is 35.6 Å². The molecule has 0 unspecified atom stereocenters. The van der Waals surface area contributed by atoms with Gasteiger partial charge in [0.05, 0.1) is 30.6 Å². The van der Waals surface area contributed by atoms with Gasteiger partial charge in [0.2, 0.25) is 0 Å². The average Bonchev–Trinajstić information content (AvgIpc) is 3.59. The number of hydrogen-bond donors (Lipinski definition) is 0. The lowest BCUT2D eigenvalue weighted by Crippen LogP contribution is -2.33. The normalized spacial score (nSPS) is 15.4. The van der Waals surface area contributed by atoms with Crippen LogP contribution in [-0.2, 0) is 12.8 Å². The van der Waals surface area contributed by atoms with Gasteiger partial charge in [-0.25, -0.2) is 9.66 Å². The van der Waals surface area contributed by atoms with Crippen molar-refractivity contribution < 1.29 is 4.74 Å². The summed E-state index contributed by atoms with van der Waals surface area (Å²) in [6.07, 6.45) is 1.46. The summed E-state index contributed by atoms with van der Waals surface area (Å²) in [4.78, 5) is 18.3. The standard InChI is InChI=1S/C25H23N3O2/c1-30-20-11-7-8-18(16-20)14-15-24-26-22-13-6-5-12-21(22)25(29)28(24)27-17-23(27)19-9-3-2-4-10-19/h2-13,16,23H,14-15,17H2,1H3/t23-,27?/m1/s1. The molecule has 0 radical (unpaired) electrons. The molecule has 0 saturated carbocycles. The first-order valence-electron chi connectivity index (χ1n) is 10.2. The van der Waals surface area contributed by atoms with Gasteiger partial charge in [0.1, 0.15) is 11.6 Å². The molecule has 4 aromatic rings. The van der Waals surface area contributed by atoms with Crippen molar-refractivity contribution in [3.8, 4) is 5.75 Å². The van der Waals surface area contributed by atoms with Crippen LogP contribution in [0.1, 0.15) is 23.0 Å². The van der Waals surface area contributed by atoms with Gasteiger partial charge in [-0.2, -0.15) is 0 Å². The molecule has 0 aliphatic carbocycles. The Morgan fingerprint density at radius 2 is 1.77 bits per heavy atom. The van der Waals surface area contributed by atoms with Crippen LogP contribution in [-0.4, -0.2) is 23.3 Å². The summed E-state index contributed by atoms with van der Waals surface area (Å²) < 4.78 is 7.13. The van der Waals surface area contributed by atoms with E-state index in [1.807, 2.05) is 60.7 Å². The SMILES string of the molecule is COc1cccc(CCc2nc3ccccc3c(=O)n2N2C[C@@H]2c2ccccc2)c1. The predicted molar refractivity (Wildman–Crippen MR) is 119 cm³/mol. The van der Waals surface area contributed by atoms with Crippen LogP contribution in [0.4, 0.5) is 0 Å². The van der Waals surface area contributed by atoms with Crippen LogP contribution in [0.25, 0.3) is 10.9 Å². The quantitative estimate of drug-likeness (QED) is 0.463. The Labute approximate surface area is 175 Å². The Balaban J connectivity index is 1.52. The lowest BCUT2D eigenvalue weighted by molar-refractivity contribution is 0.414. The molecule has 150 valence electrons. The highest BCUT2D eigenvalue weighted by molar-refractivity contribution is 5.77. The zero-order chi connectivity index (χ0) is 20.5. The number of benzene rings is 3. The number of ether oxygens (including phenoxy) is 1. The summed E-state index contributed by atoms with van der Waals surface area (Å²) in [6, 6.07) is 26.2. The molecule has 1 fully saturated rings. The molecule has 0 N–H and O–H groups in total. The zero-order valence-electron chi connectivity index (χ0n) is 16.9. The van der Waals surface area contributed by atoms with E-state index >= 15 is 0 Å². The third kappa shape index (κ3) is 3.43. The van der Waals surface area contributed by atoms with Crippen LogP contribution in [0.3, 0.4) is 0 Å². The molecule has 1 aromatic heterocycles. The number of methoxy groups -OCH3 is 1. The Morgan fingerprint density at radius 3 is 2.60 bits per heavy atom. The van der Waals surface area contributed by atoms with Gasteiger partial charge in [0.25, 0.3) is 5.56 Å². The summed E-state index contributed by atoms with van der Waals surface area (Å²) >= 11 is 0. The van der Waals surface area contributed by atoms with Crippen LogP contribution in [0.2, 0.25) is 0 Å². The fraction of sp³-hybridized carbons (Fsp3) is 0.200. The second-order valence-corrected chi connectivity index (χ2v) is 7.56. The van der Waals surface area contributed by atoms with E-state index in [1.165, 1.54) is 5.56 Å². The third-order valence-corrected chi connectivity index (χ3v) is 5.62. The summed E-state index contributed by atoms with van der Waals surface area (Å²) in [7, 11) is 1.67. The average molecular weight is 397 g/mol. The van der Waals surface area contributed by atoms with Crippen molar-refractivity contribution in [2.75, 3.05) is 18.7 Å². The fourth-order valence-electron chi connectivity index (χ4n) is 3.98. The number of fused-ring (bicyclic) bond motifs is 1. The van der Waals surface area contributed by atoms with Crippen molar-refractivity contribution in [2.24, 2.45) is 0 Å². The first kappa shape index (κ1) is 18.4. The second kappa shape index (κ2) is 7.67. The van der Waals surface area contributed by atoms with Crippen molar-refractivity contribution in [2.45, 2.75) is 18.9 Å². The molecule has 1 aliphatic rings. The van der Waals surface area contributed by atoms with E-state index in [9.17, 15) is 4.79 Å². The van der Waals surface area contributed by atoms with Gasteiger partial charge >= 0.3 is 0 Å². The van der Waals surface area contributed by atoms with Crippen LogP contribution in [0.5, 0.6) is 5.75 Å². The van der Waals surface area contributed by atoms with Gasteiger partial charge in [0, 0.05) is 6.42 Å². The molecule has 1 atom stereocenters. The minimum Gasteiger partial charge on any atom is -0.497 e. The molecule has 3 aromatic carbocycles. The molecular formula is C25H23N3O2. The molecule has 5 nitrogen and oxygen atoms in total. The first-order valence-corrected chi connectivity index (χ1v) is 10.2. The number of rotatable bonds is 6. The molecule has 0 amide bonds. The van der Waals surface area contributed by atoms with E-state index in [1.54, 1.807) is 11.8 Å². The topological polar surface area (TPSA) is 47.1 Å². The summed E-state index contributed by atoms with van der Waals surface area (Å²) in [5, 5.41) is 2.76. The number of hydrogen-bond acceptors (Lipinski definition) is 4. The molecule has 0 spiro atoms. The Kier molecular flexibility index (Phi) is 4.71. The number of nitrogens with zero attached hydrogens (tertiary/aromatic N) is 3. The van der Waals surface area contributed by atoms with Gasteiger partial charge in [-0.3, -0.25) is 9.80 Å². The monoisotopic (exact) mass is 397 g/mol. The molecule has 2 heterocycles. The lowest BCUT2D eigenvalue weighted by atomic mass is 10.1. The van der Waals surface area contributed by atoms with Crippen LogP contribution >= 0.6 is 0 Å². The van der Waals surface area contributed by atoms with E-state index in [-0.39, 0.29) is 11.6 Å². The van der Waals surface area contributed by atoms with Gasteiger partial charge in [-0.1, -0.05) is 54.6 Å². The van der Waals surface area contributed by atoms with E-state index in [4.69, 9.17) is 9.72 Å². The molecule has 0 bridgehead atoms. The zero-order valence-corrected chi connectivity index (χ0v) is 16.9. The molecule has 5 rings (SSSR count). The maximum absolute atomic E-state index is 13.4. The predicted octanol–water partition coefficient (Wildman–Crippen LogP) is 3.88. The number of aromatic nitrogens is 2. The summed E-state index contributed by atoms with van der Waals surface area (Å²) in [5.74, 6) is 1.63. The summed E-state index contributed by atoms with van der Waals surface area (Å²) in [6.45, 7) is 0.816. The van der Waals surface area contributed by atoms with Crippen molar-refractivity contribution in [3.63, 3.8) is 0 Å².